The molecule has 0 spiro atoms. The largest absolute Gasteiger partial charge is 0.403 e. The molecule has 1 nitrogen and oxygen atoms in total. The van der Waals surface area contributed by atoms with E-state index in [1.807, 2.05) is 0 Å². The van der Waals surface area contributed by atoms with Gasteiger partial charge in [-0.05, 0) is 31.2 Å². The van der Waals surface area contributed by atoms with Crippen LogP contribution in [-0.4, -0.2) is 30.2 Å². The van der Waals surface area contributed by atoms with E-state index in [9.17, 15) is 13.2 Å². The van der Waals surface area contributed by atoms with Gasteiger partial charge < -0.3 is 0 Å². The van der Waals surface area contributed by atoms with E-state index in [0.29, 0.717) is 19.0 Å². The lowest BCUT2D eigenvalue weighted by molar-refractivity contribution is -0.176. The quantitative estimate of drug-likeness (QED) is 0.659. The fraction of sp³-hybridized carbons (Fsp3) is 1.00. The van der Waals surface area contributed by atoms with Crippen molar-refractivity contribution in [2.45, 2.75) is 46.3 Å². The minimum Gasteiger partial charge on any atom is -0.292 e. The summed E-state index contributed by atoms with van der Waals surface area (Å²) in [5, 5.41) is 0. The average Bonchev–Trinajstić information content (AvgIpc) is 2.47. The van der Waals surface area contributed by atoms with E-state index in [-0.39, 0.29) is 5.41 Å². The van der Waals surface area contributed by atoms with Gasteiger partial charge >= 0.3 is 6.18 Å². The minimum absolute atomic E-state index is 0.111. The van der Waals surface area contributed by atoms with Crippen LogP contribution in [0.4, 0.5) is 13.2 Å². The fourth-order valence-electron chi connectivity index (χ4n) is 2.05. The number of rotatable bonds is 1. The van der Waals surface area contributed by atoms with Gasteiger partial charge in [-0.15, -0.1) is 0 Å². The summed E-state index contributed by atoms with van der Waals surface area (Å²) in [7, 11) is 0. The summed E-state index contributed by atoms with van der Waals surface area (Å²) in [6.07, 6.45) is -3.21. The Morgan fingerprint density at radius 3 is 2.07 bits per heavy atom. The molecule has 0 radical (unpaired) electrons. The van der Waals surface area contributed by atoms with Crippen molar-refractivity contribution in [3.63, 3.8) is 0 Å². The molecule has 90 valence electrons. The second kappa shape index (κ2) is 3.96. The highest BCUT2D eigenvalue weighted by molar-refractivity contribution is 4.87. The van der Waals surface area contributed by atoms with E-state index < -0.39 is 12.2 Å². The van der Waals surface area contributed by atoms with Gasteiger partial charge in [0, 0.05) is 6.54 Å². The number of hydrogen-bond donors (Lipinski definition) is 0. The van der Waals surface area contributed by atoms with Crippen LogP contribution in [0.3, 0.4) is 0 Å². The smallest absolute Gasteiger partial charge is 0.292 e. The zero-order valence-electron chi connectivity index (χ0n) is 9.86. The third kappa shape index (κ3) is 3.10. The van der Waals surface area contributed by atoms with Crippen LogP contribution in [0.25, 0.3) is 0 Å². The van der Waals surface area contributed by atoms with Gasteiger partial charge in [-0.2, -0.15) is 13.2 Å². The van der Waals surface area contributed by atoms with Crippen molar-refractivity contribution < 1.29 is 13.2 Å². The maximum Gasteiger partial charge on any atom is 0.403 e. The van der Waals surface area contributed by atoms with Gasteiger partial charge in [0.2, 0.25) is 0 Å². The SMILES string of the molecule is CC(N1CC[C@@H](C(C)(C)C)C1)C(F)(F)F. The lowest BCUT2D eigenvalue weighted by Gasteiger charge is -2.30. The molecule has 1 heterocycles. The Morgan fingerprint density at radius 1 is 1.20 bits per heavy atom. The van der Waals surface area contributed by atoms with Crippen LogP contribution in [0, 0.1) is 11.3 Å². The zero-order valence-corrected chi connectivity index (χ0v) is 9.86. The number of hydrogen-bond acceptors (Lipinski definition) is 1. The molecule has 15 heavy (non-hydrogen) atoms. The van der Waals surface area contributed by atoms with Gasteiger partial charge in [0.15, 0.2) is 0 Å². The molecule has 1 rings (SSSR count). The van der Waals surface area contributed by atoms with Gasteiger partial charge in [0.25, 0.3) is 0 Å². The number of likely N-dealkylation sites (tertiary alicyclic amines) is 1. The third-order valence-electron chi connectivity index (χ3n) is 3.47. The molecule has 0 saturated carbocycles. The predicted molar refractivity (Wildman–Crippen MR) is 54.7 cm³/mol. The van der Waals surface area contributed by atoms with Crippen molar-refractivity contribution in [2.24, 2.45) is 11.3 Å². The molecule has 0 aliphatic carbocycles. The topological polar surface area (TPSA) is 3.24 Å². The molecule has 0 aromatic carbocycles. The van der Waals surface area contributed by atoms with Gasteiger partial charge in [-0.3, -0.25) is 4.90 Å². The minimum atomic E-state index is -4.09. The normalized spacial score (nSPS) is 27.0. The molecular weight excluding hydrogens is 203 g/mol. The Balaban J connectivity index is 2.57. The maximum atomic E-state index is 12.5. The second-order valence-electron chi connectivity index (χ2n) is 5.56. The highest BCUT2D eigenvalue weighted by atomic mass is 19.4. The van der Waals surface area contributed by atoms with Crippen molar-refractivity contribution >= 4 is 0 Å². The van der Waals surface area contributed by atoms with E-state index in [4.69, 9.17) is 0 Å². The Hall–Kier alpha value is -0.250. The van der Waals surface area contributed by atoms with Crippen molar-refractivity contribution in [2.75, 3.05) is 13.1 Å². The molecule has 1 fully saturated rings. The second-order valence-corrected chi connectivity index (χ2v) is 5.56. The molecule has 1 aliphatic heterocycles. The standard InChI is InChI=1S/C11H20F3N/c1-8(11(12,13)14)15-6-5-9(7-15)10(2,3)4/h8-9H,5-7H2,1-4H3/t8?,9-/m1/s1. The van der Waals surface area contributed by atoms with Crippen molar-refractivity contribution in [3.05, 3.63) is 0 Å². The van der Waals surface area contributed by atoms with E-state index in [1.54, 1.807) is 4.90 Å². The molecule has 1 saturated heterocycles. The van der Waals surface area contributed by atoms with Crippen LogP contribution in [-0.2, 0) is 0 Å². The third-order valence-corrected chi connectivity index (χ3v) is 3.47. The van der Waals surface area contributed by atoms with E-state index in [1.165, 1.54) is 6.92 Å². The Kier molecular flexibility index (Phi) is 3.39. The highest BCUT2D eigenvalue weighted by Crippen LogP contribution is 2.36. The van der Waals surface area contributed by atoms with Gasteiger partial charge in [-0.25, -0.2) is 0 Å². The van der Waals surface area contributed by atoms with Gasteiger partial charge in [-0.1, -0.05) is 20.8 Å². The van der Waals surface area contributed by atoms with E-state index in [2.05, 4.69) is 20.8 Å². The summed E-state index contributed by atoms with van der Waals surface area (Å²) in [5.41, 5.74) is 0.111. The molecule has 0 amide bonds. The summed E-state index contributed by atoms with van der Waals surface area (Å²) in [6.45, 7) is 8.69. The van der Waals surface area contributed by atoms with Crippen molar-refractivity contribution in [1.29, 1.82) is 0 Å². The molecule has 0 N–H and O–H groups in total. The first-order valence-electron chi connectivity index (χ1n) is 5.43. The molecule has 4 heteroatoms. The molecule has 0 aromatic heterocycles. The van der Waals surface area contributed by atoms with Crippen molar-refractivity contribution in [1.82, 2.24) is 4.90 Å². The van der Waals surface area contributed by atoms with Crippen LogP contribution < -0.4 is 0 Å². The molecule has 0 bridgehead atoms. The summed E-state index contributed by atoms with van der Waals surface area (Å²) >= 11 is 0. The van der Waals surface area contributed by atoms with Gasteiger partial charge in [0.1, 0.15) is 6.04 Å². The Morgan fingerprint density at radius 2 is 1.73 bits per heavy atom. The zero-order chi connectivity index (χ0) is 11.9. The number of nitrogens with zero attached hydrogens (tertiary/aromatic N) is 1. The van der Waals surface area contributed by atoms with Crippen LogP contribution in [0.2, 0.25) is 0 Å². The monoisotopic (exact) mass is 223 g/mol. The number of alkyl halides is 3. The van der Waals surface area contributed by atoms with Gasteiger partial charge in [0.05, 0.1) is 0 Å². The lowest BCUT2D eigenvalue weighted by atomic mass is 9.80. The van der Waals surface area contributed by atoms with Crippen LogP contribution in [0.1, 0.15) is 34.1 Å². The molecule has 2 atom stereocenters. The highest BCUT2D eigenvalue weighted by Gasteiger charge is 2.43. The first-order chi connectivity index (χ1) is 6.62. The average molecular weight is 223 g/mol. The fourth-order valence-corrected chi connectivity index (χ4v) is 2.05. The molecule has 1 unspecified atom stereocenters. The summed E-state index contributed by atoms with van der Waals surface area (Å²) in [6, 6.07) is -1.30. The number of halogens is 3. The Bertz CT molecular complexity index is 217. The molecule has 0 aromatic rings. The first-order valence-corrected chi connectivity index (χ1v) is 5.43. The predicted octanol–water partition coefficient (Wildman–Crippen LogP) is 3.31. The maximum absolute atomic E-state index is 12.5. The summed E-state index contributed by atoms with van der Waals surface area (Å²) < 4.78 is 37.4. The van der Waals surface area contributed by atoms with Crippen LogP contribution in [0.5, 0.6) is 0 Å². The van der Waals surface area contributed by atoms with Crippen molar-refractivity contribution in [3.8, 4) is 0 Å². The molecular formula is C11H20F3N. The van der Waals surface area contributed by atoms with Crippen LogP contribution in [0.15, 0.2) is 0 Å². The van der Waals surface area contributed by atoms with E-state index in [0.717, 1.165) is 6.42 Å². The first kappa shape index (κ1) is 12.8. The lowest BCUT2D eigenvalue weighted by Crippen LogP contribution is -2.42. The van der Waals surface area contributed by atoms with E-state index >= 15 is 0 Å². The van der Waals surface area contributed by atoms with Crippen LogP contribution >= 0.6 is 0 Å². The molecule has 1 aliphatic rings. The Labute approximate surface area is 89.6 Å². The summed E-state index contributed by atoms with van der Waals surface area (Å²) in [5.74, 6) is 0.377. The summed E-state index contributed by atoms with van der Waals surface area (Å²) in [4.78, 5) is 1.55.